The van der Waals surface area contributed by atoms with Crippen molar-refractivity contribution in [3.05, 3.63) is 41.6 Å². The van der Waals surface area contributed by atoms with Crippen molar-refractivity contribution in [2.45, 2.75) is 18.2 Å². The number of aryl methyl sites for hydroxylation is 2. The van der Waals surface area contributed by atoms with Gasteiger partial charge in [0.1, 0.15) is 5.56 Å². The van der Waals surface area contributed by atoms with E-state index in [0.717, 1.165) is 9.87 Å². The standard InChI is InChI=1S/C17H23N5O4S/c1-13-5-7-14(8-6-13)27(25,26)22(3)17-15(11-20-21(17)2)16(24)19-10-4-9-18-12-23/h5-8,11-12H,4,9-10H2,1-3H3,(H,18,23)(H,19,24). The number of hydrogen-bond donors (Lipinski definition) is 2. The lowest BCUT2D eigenvalue weighted by Gasteiger charge is -2.21. The van der Waals surface area contributed by atoms with Gasteiger partial charge in [0.15, 0.2) is 5.82 Å². The third-order valence-electron chi connectivity index (χ3n) is 4.00. The van der Waals surface area contributed by atoms with E-state index in [-0.39, 0.29) is 16.3 Å². The Kier molecular flexibility index (Phi) is 6.56. The number of sulfonamides is 1. The van der Waals surface area contributed by atoms with Crippen molar-refractivity contribution < 1.29 is 18.0 Å². The van der Waals surface area contributed by atoms with E-state index in [1.807, 2.05) is 6.92 Å². The lowest BCUT2D eigenvalue weighted by Crippen LogP contribution is -2.32. The monoisotopic (exact) mass is 393 g/mol. The molecule has 27 heavy (non-hydrogen) atoms. The van der Waals surface area contributed by atoms with E-state index in [4.69, 9.17) is 0 Å². The molecule has 0 saturated carbocycles. The van der Waals surface area contributed by atoms with Gasteiger partial charge in [0.2, 0.25) is 6.41 Å². The summed E-state index contributed by atoms with van der Waals surface area (Å²) >= 11 is 0. The molecule has 2 N–H and O–H groups in total. The van der Waals surface area contributed by atoms with Crippen LogP contribution in [0.15, 0.2) is 35.4 Å². The van der Waals surface area contributed by atoms with Crippen molar-refractivity contribution in [3.63, 3.8) is 0 Å². The average Bonchev–Trinajstić information content (AvgIpc) is 3.02. The van der Waals surface area contributed by atoms with Crippen LogP contribution in [0.5, 0.6) is 0 Å². The Hall–Kier alpha value is -2.88. The summed E-state index contributed by atoms with van der Waals surface area (Å²) in [7, 11) is -0.889. The van der Waals surface area contributed by atoms with E-state index in [0.29, 0.717) is 25.9 Å². The van der Waals surface area contributed by atoms with Crippen molar-refractivity contribution in [2.75, 3.05) is 24.4 Å². The summed E-state index contributed by atoms with van der Waals surface area (Å²) in [5, 5.41) is 9.23. The predicted octanol–water partition coefficient (Wildman–Crippen LogP) is 0.420. The molecule has 0 aliphatic heterocycles. The molecule has 0 aliphatic carbocycles. The Morgan fingerprint density at radius 3 is 2.56 bits per heavy atom. The quantitative estimate of drug-likeness (QED) is 0.473. The first-order valence-corrected chi connectivity index (χ1v) is 9.76. The summed E-state index contributed by atoms with van der Waals surface area (Å²) < 4.78 is 28.2. The van der Waals surface area contributed by atoms with Crippen LogP contribution < -0.4 is 14.9 Å². The van der Waals surface area contributed by atoms with E-state index in [9.17, 15) is 18.0 Å². The highest BCUT2D eigenvalue weighted by atomic mass is 32.2. The van der Waals surface area contributed by atoms with Crippen LogP contribution in [-0.4, -0.2) is 50.7 Å². The van der Waals surface area contributed by atoms with Gasteiger partial charge in [-0.15, -0.1) is 0 Å². The van der Waals surface area contributed by atoms with Crippen LogP contribution in [0.3, 0.4) is 0 Å². The van der Waals surface area contributed by atoms with Crippen molar-refractivity contribution in [1.82, 2.24) is 20.4 Å². The first-order valence-electron chi connectivity index (χ1n) is 8.32. The van der Waals surface area contributed by atoms with Crippen LogP contribution in [0.2, 0.25) is 0 Å². The zero-order chi connectivity index (χ0) is 20.0. The summed E-state index contributed by atoms with van der Waals surface area (Å²) in [6.07, 6.45) is 2.47. The van der Waals surface area contributed by atoms with Crippen molar-refractivity contribution in [1.29, 1.82) is 0 Å². The molecule has 0 spiro atoms. The normalized spacial score (nSPS) is 11.1. The number of hydrogen-bond acceptors (Lipinski definition) is 5. The molecule has 146 valence electrons. The third kappa shape index (κ3) is 4.64. The molecule has 1 aromatic carbocycles. The molecule has 2 rings (SSSR count). The molecule has 0 fully saturated rings. The predicted molar refractivity (Wildman–Crippen MR) is 101 cm³/mol. The fourth-order valence-corrected chi connectivity index (χ4v) is 3.73. The number of benzene rings is 1. The molecule has 1 aromatic heterocycles. The Balaban J connectivity index is 2.23. The Labute approximate surface area is 158 Å². The van der Waals surface area contributed by atoms with Gasteiger partial charge >= 0.3 is 0 Å². The molecule has 9 nitrogen and oxygen atoms in total. The van der Waals surface area contributed by atoms with Crippen molar-refractivity contribution in [3.8, 4) is 0 Å². The van der Waals surface area contributed by atoms with Crippen molar-refractivity contribution >= 4 is 28.2 Å². The van der Waals surface area contributed by atoms with E-state index < -0.39 is 15.9 Å². The average molecular weight is 393 g/mol. The lowest BCUT2D eigenvalue weighted by atomic mass is 10.2. The van der Waals surface area contributed by atoms with Gasteiger partial charge in [-0.3, -0.25) is 18.6 Å². The van der Waals surface area contributed by atoms with Gasteiger partial charge in [-0.1, -0.05) is 17.7 Å². The topological polar surface area (TPSA) is 113 Å². The number of carbonyl (C=O) groups is 2. The molecule has 0 atom stereocenters. The second kappa shape index (κ2) is 8.67. The molecular weight excluding hydrogens is 370 g/mol. The summed E-state index contributed by atoms with van der Waals surface area (Å²) in [5.74, 6) is -0.269. The van der Waals surface area contributed by atoms with Crippen LogP contribution in [-0.2, 0) is 21.9 Å². The van der Waals surface area contributed by atoms with Gasteiger partial charge in [0.05, 0.1) is 11.1 Å². The second-order valence-corrected chi connectivity index (χ2v) is 7.94. The summed E-state index contributed by atoms with van der Waals surface area (Å²) in [6, 6.07) is 6.48. The third-order valence-corrected chi connectivity index (χ3v) is 5.76. The maximum absolute atomic E-state index is 12.9. The van der Waals surface area contributed by atoms with E-state index >= 15 is 0 Å². The van der Waals surface area contributed by atoms with Crippen molar-refractivity contribution in [2.24, 2.45) is 7.05 Å². The minimum Gasteiger partial charge on any atom is -0.359 e. The largest absolute Gasteiger partial charge is 0.359 e. The Morgan fingerprint density at radius 2 is 1.93 bits per heavy atom. The van der Waals surface area contributed by atoms with Gasteiger partial charge in [-0.05, 0) is 25.5 Å². The van der Waals surface area contributed by atoms with E-state index in [1.165, 1.54) is 30.1 Å². The number of rotatable bonds is 9. The summed E-state index contributed by atoms with van der Waals surface area (Å²) in [4.78, 5) is 22.8. The molecular formula is C17H23N5O4S. The maximum Gasteiger partial charge on any atom is 0.265 e. The van der Waals surface area contributed by atoms with Crippen LogP contribution in [0, 0.1) is 6.92 Å². The first kappa shape index (κ1) is 20.4. The number of carbonyl (C=O) groups excluding carboxylic acids is 2. The van der Waals surface area contributed by atoms with Crippen LogP contribution in [0.25, 0.3) is 0 Å². The number of nitrogens with one attached hydrogen (secondary N) is 2. The van der Waals surface area contributed by atoms with E-state index in [1.54, 1.807) is 19.2 Å². The summed E-state index contributed by atoms with van der Waals surface area (Å²) in [5.41, 5.74) is 1.10. The molecule has 0 aliphatic rings. The van der Waals surface area contributed by atoms with Crippen LogP contribution in [0.4, 0.5) is 5.82 Å². The highest BCUT2D eigenvalue weighted by Gasteiger charge is 2.28. The molecule has 0 unspecified atom stereocenters. The lowest BCUT2D eigenvalue weighted by molar-refractivity contribution is -0.109. The zero-order valence-corrected chi connectivity index (χ0v) is 16.3. The molecule has 1 heterocycles. The number of nitrogens with zero attached hydrogens (tertiary/aromatic N) is 3. The number of amides is 2. The smallest absolute Gasteiger partial charge is 0.265 e. The highest BCUT2D eigenvalue weighted by Crippen LogP contribution is 2.25. The summed E-state index contributed by atoms with van der Waals surface area (Å²) in [6.45, 7) is 2.64. The minimum atomic E-state index is -3.85. The molecule has 0 bridgehead atoms. The van der Waals surface area contributed by atoms with Gasteiger partial charge < -0.3 is 10.6 Å². The molecule has 2 amide bonds. The molecule has 0 radical (unpaired) electrons. The minimum absolute atomic E-state index is 0.128. The maximum atomic E-state index is 12.9. The van der Waals surface area contributed by atoms with Crippen LogP contribution >= 0.6 is 0 Å². The van der Waals surface area contributed by atoms with E-state index in [2.05, 4.69) is 15.7 Å². The van der Waals surface area contributed by atoms with Crippen LogP contribution in [0.1, 0.15) is 22.3 Å². The Morgan fingerprint density at radius 1 is 1.26 bits per heavy atom. The van der Waals surface area contributed by atoms with Gasteiger partial charge in [-0.25, -0.2) is 8.42 Å². The van der Waals surface area contributed by atoms with Gasteiger partial charge in [0.25, 0.3) is 15.9 Å². The first-order chi connectivity index (χ1) is 12.8. The molecule has 2 aromatic rings. The fraction of sp³-hybridized carbons (Fsp3) is 0.353. The molecule has 0 saturated heterocycles. The SMILES string of the molecule is Cc1ccc(S(=O)(=O)N(C)c2c(C(=O)NCCCNC=O)cnn2C)cc1. The fourth-order valence-electron chi connectivity index (χ4n) is 2.49. The number of anilines is 1. The van der Waals surface area contributed by atoms with Gasteiger partial charge in [0, 0.05) is 27.2 Å². The highest BCUT2D eigenvalue weighted by molar-refractivity contribution is 7.92. The Bertz CT molecular complexity index is 906. The molecule has 10 heteroatoms. The second-order valence-electron chi connectivity index (χ2n) is 5.97. The zero-order valence-electron chi connectivity index (χ0n) is 15.5. The number of aromatic nitrogens is 2. The van der Waals surface area contributed by atoms with Gasteiger partial charge in [-0.2, -0.15) is 5.10 Å².